The van der Waals surface area contributed by atoms with E-state index in [1.807, 2.05) is 0 Å². The Morgan fingerprint density at radius 2 is 2.15 bits per heavy atom. The average molecular weight is 282 g/mol. The molecule has 0 atom stereocenters. The minimum atomic E-state index is -1.16. The lowest BCUT2D eigenvalue weighted by Crippen LogP contribution is -2.30. The van der Waals surface area contributed by atoms with Crippen molar-refractivity contribution in [3.63, 3.8) is 0 Å². The molecule has 7 nitrogen and oxygen atoms in total. The highest BCUT2D eigenvalue weighted by atomic mass is 16.5. The highest BCUT2D eigenvalue weighted by molar-refractivity contribution is 5.93. The Morgan fingerprint density at radius 1 is 1.40 bits per heavy atom. The molecule has 7 heteroatoms. The van der Waals surface area contributed by atoms with Crippen LogP contribution in [0.3, 0.4) is 0 Å². The predicted molar refractivity (Wildman–Crippen MR) is 72.8 cm³/mol. The van der Waals surface area contributed by atoms with Crippen LogP contribution in [0.2, 0.25) is 0 Å². The summed E-state index contributed by atoms with van der Waals surface area (Å²) in [5.74, 6) is -1.50. The van der Waals surface area contributed by atoms with Crippen molar-refractivity contribution in [2.24, 2.45) is 0 Å². The normalized spacial score (nSPS) is 10.1. The highest BCUT2D eigenvalue weighted by Gasteiger charge is 2.15. The molecule has 0 radical (unpaired) electrons. The summed E-state index contributed by atoms with van der Waals surface area (Å²) >= 11 is 0. The molecule has 1 aromatic carbocycles. The standard InChI is InChI=1S/C13H18N2O5/c1-19-7-3-6-15-11(16)8-20-12-9(13(17)18)4-2-5-10(12)14/h2,4-5H,3,6-8,14H2,1H3,(H,15,16)(H,17,18). The topological polar surface area (TPSA) is 111 Å². The lowest BCUT2D eigenvalue weighted by atomic mass is 10.2. The number of carboxylic acids is 1. The van der Waals surface area contributed by atoms with E-state index in [1.165, 1.54) is 18.2 Å². The average Bonchev–Trinajstić information content (AvgIpc) is 2.42. The van der Waals surface area contributed by atoms with E-state index < -0.39 is 5.97 Å². The summed E-state index contributed by atoms with van der Waals surface area (Å²) in [6.07, 6.45) is 0.691. The van der Waals surface area contributed by atoms with Gasteiger partial charge in [0.25, 0.3) is 5.91 Å². The second kappa shape index (κ2) is 8.00. The monoisotopic (exact) mass is 282 g/mol. The summed E-state index contributed by atoms with van der Waals surface area (Å²) in [7, 11) is 1.58. The van der Waals surface area contributed by atoms with E-state index in [2.05, 4.69) is 5.32 Å². The molecule has 0 aliphatic heterocycles. The van der Waals surface area contributed by atoms with E-state index in [0.29, 0.717) is 19.6 Å². The third kappa shape index (κ3) is 4.77. The maximum atomic E-state index is 11.5. The van der Waals surface area contributed by atoms with Gasteiger partial charge in [-0.3, -0.25) is 4.79 Å². The van der Waals surface area contributed by atoms with Crippen molar-refractivity contribution < 1.29 is 24.2 Å². The van der Waals surface area contributed by atoms with Crippen molar-refractivity contribution in [3.8, 4) is 5.75 Å². The van der Waals surface area contributed by atoms with Gasteiger partial charge >= 0.3 is 5.97 Å². The molecular formula is C13H18N2O5. The number of nitrogen functional groups attached to an aromatic ring is 1. The molecule has 4 N–H and O–H groups in total. The summed E-state index contributed by atoms with van der Waals surface area (Å²) in [6.45, 7) is 0.726. The van der Waals surface area contributed by atoms with Crippen LogP contribution in [0, 0.1) is 0 Å². The van der Waals surface area contributed by atoms with Crippen LogP contribution < -0.4 is 15.8 Å². The van der Waals surface area contributed by atoms with Gasteiger partial charge in [-0.2, -0.15) is 0 Å². The van der Waals surface area contributed by atoms with Crippen molar-refractivity contribution >= 4 is 17.6 Å². The molecule has 1 rings (SSSR count). The fraction of sp³-hybridized carbons (Fsp3) is 0.385. The van der Waals surface area contributed by atoms with Gasteiger partial charge < -0.3 is 25.6 Å². The molecule has 0 saturated carbocycles. The van der Waals surface area contributed by atoms with Crippen LogP contribution in [0.25, 0.3) is 0 Å². The van der Waals surface area contributed by atoms with Gasteiger partial charge in [-0.25, -0.2) is 4.79 Å². The molecule has 0 spiro atoms. The van der Waals surface area contributed by atoms with Crippen LogP contribution in [0.4, 0.5) is 5.69 Å². The van der Waals surface area contributed by atoms with Gasteiger partial charge in [0, 0.05) is 20.3 Å². The van der Waals surface area contributed by atoms with Crippen molar-refractivity contribution in [2.75, 3.05) is 32.6 Å². The quantitative estimate of drug-likeness (QED) is 0.473. The minimum absolute atomic E-state index is 0.00652. The number of anilines is 1. The van der Waals surface area contributed by atoms with Crippen LogP contribution in [0.1, 0.15) is 16.8 Å². The molecule has 0 aromatic heterocycles. The number of nitrogens with one attached hydrogen (secondary N) is 1. The van der Waals surface area contributed by atoms with E-state index >= 15 is 0 Å². The minimum Gasteiger partial charge on any atom is -0.481 e. The Balaban J connectivity index is 2.53. The number of ether oxygens (including phenoxy) is 2. The number of carboxylic acid groups (broad SMARTS) is 1. The number of nitrogens with two attached hydrogens (primary N) is 1. The first-order valence-corrected chi connectivity index (χ1v) is 6.06. The van der Waals surface area contributed by atoms with E-state index in [0.717, 1.165) is 0 Å². The van der Waals surface area contributed by atoms with Crippen molar-refractivity contribution in [1.82, 2.24) is 5.32 Å². The van der Waals surface area contributed by atoms with Gasteiger partial charge in [0.15, 0.2) is 12.4 Å². The summed E-state index contributed by atoms with van der Waals surface area (Å²) in [4.78, 5) is 22.5. The van der Waals surface area contributed by atoms with Crippen molar-refractivity contribution in [3.05, 3.63) is 23.8 Å². The van der Waals surface area contributed by atoms with E-state index in [-0.39, 0.29) is 29.5 Å². The molecule has 1 aromatic rings. The van der Waals surface area contributed by atoms with Crippen LogP contribution >= 0.6 is 0 Å². The third-order valence-electron chi connectivity index (χ3n) is 2.47. The third-order valence-corrected chi connectivity index (χ3v) is 2.47. The molecule has 0 saturated heterocycles. The number of carbonyl (C=O) groups excluding carboxylic acids is 1. The van der Waals surface area contributed by atoms with Crippen LogP contribution in [-0.2, 0) is 9.53 Å². The van der Waals surface area contributed by atoms with Crippen LogP contribution in [0.15, 0.2) is 18.2 Å². The number of methoxy groups -OCH3 is 1. The second-order valence-electron chi connectivity index (χ2n) is 4.01. The Labute approximate surface area is 116 Å². The fourth-order valence-corrected chi connectivity index (χ4v) is 1.52. The van der Waals surface area contributed by atoms with Gasteiger partial charge in [0.05, 0.1) is 5.69 Å². The maximum Gasteiger partial charge on any atom is 0.339 e. The first kappa shape index (κ1) is 15.8. The summed E-state index contributed by atoms with van der Waals surface area (Å²) in [5.41, 5.74) is 5.75. The maximum absolute atomic E-state index is 11.5. The number of aromatic carboxylic acids is 1. The summed E-state index contributed by atoms with van der Waals surface area (Å²) in [6, 6.07) is 4.39. The number of hydrogen-bond acceptors (Lipinski definition) is 5. The number of para-hydroxylation sites is 1. The fourth-order valence-electron chi connectivity index (χ4n) is 1.52. The zero-order valence-corrected chi connectivity index (χ0v) is 11.2. The molecule has 0 heterocycles. The van der Waals surface area contributed by atoms with Crippen molar-refractivity contribution in [2.45, 2.75) is 6.42 Å². The number of rotatable bonds is 8. The zero-order chi connectivity index (χ0) is 15.0. The van der Waals surface area contributed by atoms with Gasteiger partial charge in [0.1, 0.15) is 5.56 Å². The van der Waals surface area contributed by atoms with Gasteiger partial charge in [0.2, 0.25) is 0 Å². The van der Waals surface area contributed by atoms with Gasteiger partial charge in [-0.05, 0) is 18.6 Å². The number of benzene rings is 1. The molecule has 0 bridgehead atoms. The summed E-state index contributed by atoms with van der Waals surface area (Å²) in [5, 5.41) is 11.6. The molecule has 0 fully saturated rings. The summed E-state index contributed by atoms with van der Waals surface area (Å²) < 4.78 is 10.0. The Morgan fingerprint density at radius 3 is 2.80 bits per heavy atom. The SMILES string of the molecule is COCCCNC(=O)COc1c(N)cccc1C(=O)O. The van der Waals surface area contributed by atoms with E-state index in [9.17, 15) is 9.59 Å². The number of amides is 1. The second-order valence-corrected chi connectivity index (χ2v) is 4.01. The molecule has 20 heavy (non-hydrogen) atoms. The number of hydrogen-bond donors (Lipinski definition) is 3. The highest BCUT2D eigenvalue weighted by Crippen LogP contribution is 2.26. The molecule has 110 valence electrons. The molecule has 0 unspecified atom stereocenters. The molecule has 0 aliphatic rings. The molecule has 1 amide bonds. The van der Waals surface area contributed by atoms with Gasteiger partial charge in [-0.1, -0.05) is 6.07 Å². The zero-order valence-electron chi connectivity index (χ0n) is 11.2. The lowest BCUT2D eigenvalue weighted by Gasteiger charge is -2.11. The first-order valence-electron chi connectivity index (χ1n) is 6.06. The van der Waals surface area contributed by atoms with Gasteiger partial charge in [-0.15, -0.1) is 0 Å². The molecule has 0 aliphatic carbocycles. The van der Waals surface area contributed by atoms with E-state index in [4.69, 9.17) is 20.3 Å². The number of carbonyl (C=O) groups is 2. The van der Waals surface area contributed by atoms with Crippen LogP contribution in [0.5, 0.6) is 5.75 Å². The first-order chi connectivity index (χ1) is 9.56. The van der Waals surface area contributed by atoms with Crippen molar-refractivity contribution in [1.29, 1.82) is 0 Å². The smallest absolute Gasteiger partial charge is 0.339 e. The van der Waals surface area contributed by atoms with E-state index in [1.54, 1.807) is 7.11 Å². The largest absolute Gasteiger partial charge is 0.481 e. The predicted octanol–water partition coefficient (Wildman–Crippen LogP) is 0.498. The Kier molecular flexibility index (Phi) is 6.31. The Bertz CT molecular complexity index is 476. The lowest BCUT2D eigenvalue weighted by molar-refractivity contribution is -0.123. The Hall–Kier alpha value is -2.28. The molecular weight excluding hydrogens is 264 g/mol. The van der Waals surface area contributed by atoms with Crippen LogP contribution in [-0.4, -0.2) is 43.9 Å².